The van der Waals surface area contributed by atoms with Gasteiger partial charge in [-0.1, -0.05) is 11.6 Å². The van der Waals surface area contributed by atoms with E-state index in [0.29, 0.717) is 24.1 Å². The monoisotopic (exact) mass is 429 g/mol. The van der Waals surface area contributed by atoms with Crippen LogP contribution in [-0.2, 0) is 9.47 Å². The van der Waals surface area contributed by atoms with Gasteiger partial charge in [0.2, 0.25) is 0 Å². The first-order chi connectivity index (χ1) is 14.7. The van der Waals surface area contributed by atoms with E-state index in [4.69, 9.17) is 26.2 Å². The summed E-state index contributed by atoms with van der Waals surface area (Å²) in [5.74, 6) is 1.48. The number of nitrogens with one attached hydrogen (secondary N) is 1. The predicted molar refractivity (Wildman–Crippen MR) is 113 cm³/mol. The van der Waals surface area contributed by atoms with Gasteiger partial charge in [0.15, 0.2) is 11.6 Å². The van der Waals surface area contributed by atoms with Crippen molar-refractivity contribution in [1.29, 1.82) is 0 Å². The molecular formula is C20H24ClN7O2. The van der Waals surface area contributed by atoms with Crippen LogP contribution >= 0.6 is 11.6 Å². The maximum Gasteiger partial charge on any atom is 0.182 e. The molecule has 3 fully saturated rings. The Hall–Kier alpha value is -2.36. The second-order valence-electron chi connectivity index (χ2n) is 8.30. The first-order valence-corrected chi connectivity index (χ1v) is 10.9. The van der Waals surface area contributed by atoms with Gasteiger partial charge in [-0.15, -0.1) is 5.10 Å². The molecule has 2 unspecified atom stereocenters. The van der Waals surface area contributed by atoms with Crippen molar-refractivity contribution >= 4 is 28.6 Å². The minimum Gasteiger partial charge on any atom is -0.377 e. The molecule has 0 amide bonds. The molecule has 3 aliphatic rings. The van der Waals surface area contributed by atoms with Crippen molar-refractivity contribution < 1.29 is 9.47 Å². The number of fused-ring (bicyclic) bond motifs is 3. The van der Waals surface area contributed by atoms with E-state index >= 15 is 0 Å². The number of morpholine rings is 2. The first-order valence-electron chi connectivity index (χ1n) is 10.5. The Morgan fingerprint density at radius 1 is 1.23 bits per heavy atom. The molecule has 9 nitrogen and oxygen atoms in total. The zero-order chi connectivity index (χ0) is 20.2. The standard InChI is InChI=1S/C20H24ClN7O2/c1-12-11-29-7-6-27(12)18-16-8-22-19(15-4-5-23-24-15)28(16)25-20(17(18)21)26-9-13-2-3-14(10-26)30-13/h4-5,8,12-14H,2-3,6-7,9-11H2,1H3,(H,23,24)/t12-,13?,14?/m1/s1. The summed E-state index contributed by atoms with van der Waals surface area (Å²) in [4.78, 5) is 9.24. The lowest BCUT2D eigenvalue weighted by Crippen LogP contribution is -2.45. The van der Waals surface area contributed by atoms with Crippen LogP contribution in [0.5, 0.6) is 0 Å². The van der Waals surface area contributed by atoms with Gasteiger partial charge in [0.05, 0.1) is 37.3 Å². The second kappa shape index (κ2) is 7.11. The zero-order valence-corrected chi connectivity index (χ0v) is 17.5. The van der Waals surface area contributed by atoms with E-state index in [2.05, 4.69) is 31.9 Å². The predicted octanol–water partition coefficient (Wildman–Crippen LogP) is 2.37. The average Bonchev–Trinajstić information content (AvgIpc) is 3.48. The highest BCUT2D eigenvalue weighted by Gasteiger charge is 2.37. The number of H-pyrrole nitrogens is 1. The molecule has 0 radical (unpaired) electrons. The highest BCUT2D eigenvalue weighted by atomic mass is 35.5. The number of halogens is 1. The van der Waals surface area contributed by atoms with Gasteiger partial charge in [-0.3, -0.25) is 5.10 Å². The molecule has 3 aromatic rings. The highest BCUT2D eigenvalue weighted by molar-refractivity contribution is 6.36. The Morgan fingerprint density at radius 3 is 2.80 bits per heavy atom. The Morgan fingerprint density at radius 2 is 2.07 bits per heavy atom. The Balaban J connectivity index is 1.54. The lowest BCUT2D eigenvalue weighted by Gasteiger charge is -2.38. The van der Waals surface area contributed by atoms with Crippen molar-refractivity contribution in [1.82, 2.24) is 24.8 Å². The summed E-state index contributed by atoms with van der Waals surface area (Å²) in [6.45, 7) is 5.89. The number of aromatic nitrogens is 5. The molecule has 10 heteroatoms. The fourth-order valence-electron chi connectivity index (χ4n) is 4.85. The lowest BCUT2D eigenvalue weighted by molar-refractivity contribution is 0.0301. The van der Waals surface area contributed by atoms with Crippen molar-refractivity contribution in [2.45, 2.75) is 38.0 Å². The SMILES string of the molecule is C[C@@H]1COCCN1c1c(Cl)c(N2CC3CCC(C2)O3)nn2c(-c3cc[nH]n3)ncc12. The second-order valence-corrected chi connectivity index (χ2v) is 8.68. The van der Waals surface area contributed by atoms with E-state index in [-0.39, 0.29) is 18.2 Å². The molecule has 3 aromatic heterocycles. The highest BCUT2D eigenvalue weighted by Crippen LogP contribution is 2.41. The molecule has 3 atom stereocenters. The topological polar surface area (TPSA) is 83.8 Å². The number of imidazole rings is 1. The van der Waals surface area contributed by atoms with Gasteiger partial charge >= 0.3 is 0 Å². The Bertz CT molecular complexity index is 1060. The summed E-state index contributed by atoms with van der Waals surface area (Å²) in [5.41, 5.74) is 2.59. The van der Waals surface area contributed by atoms with Crippen LogP contribution < -0.4 is 9.80 Å². The van der Waals surface area contributed by atoms with Gasteiger partial charge in [0, 0.05) is 31.9 Å². The maximum atomic E-state index is 7.08. The third-order valence-corrected chi connectivity index (χ3v) is 6.66. The van der Waals surface area contributed by atoms with Gasteiger partial charge in [-0.05, 0) is 25.8 Å². The Kier molecular flexibility index (Phi) is 4.36. The summed E-state index contributed by atoms with van der Waals surface area (Å²) in [7, 11) is 0. The number of nitrogens with zero attached hydrogens (tertiary/aromatic N) is 6. The first kappa shape index (κ1) is 18.4. The molecule has 1 N–H and O–H groups in total. The molecule has 0 saturated carbocycles. The minimum atomic E-state index is 0.208. The van der Waals surface area contributed by atoms with E-state index in [1.807, 2.05) is 16.8 Å². The molecule has 158 valence electrons. The van der Waals surface area contributed by atoms with Crippen molar-refractivity contribution in [3.63, 3.8) is 0 Å². The molecule has 0 aromatic carbocycles. The quantitative estimate of drug-likeness (QED) is 0.684. The summed E-state index contributed by atoms with van der Waals surface area (Å²) in [6, 6.07) is 2.11. The number of hydrogen-bond donors (Lipinski definition) is 1. The summed E-state index contributed by atoms with van der Waals surface area (Å²) in [5, 5.41) is 12.8. The molecular weight excluding hydrogens is 406 g/mol. The molecule has 3 aliphatic heterocycles. The van der Waals surface area contributed by atoms with Gasteiger partial charge in [0.25, 0.3) is 0 Å². The third-order valence-electron chi connectivity index (χ3n) is 6.31. The van der Waals surface area contributed by atoms with Crippen LogP contribution in [0.2, 0.25) is 5.02 Å². The van der Waals surface area contributed by atoms with Crippen LogP contribution in [0.15, 0.2) is 18.5 Å². The van der Waals surface area contributed by atoms with Crippen LogP contribution in [0, 0.1) is 0 Å². The third kappa shape index (κ3) is 2.87. The van der Waals surface area contributed by atoms with Crippen molar-refractivity contribution in [3.05, 3.63) is 23.5 Å². The summed E-state index contributed by atoms with van der Waals surface area (Å²) in [6.07, 6.45) is 6.31. The number of aromatic amines is 1. The van der Waals surface area contributed by atoms with Gasteiger partial charge < -0.3 is 19.3 Å². The normalized spacial score (nSPS) is 26.7. The van der Waals surface area contributed by atoms with E-state index in [9.17, 15) is 0 Å². The van der Waals surface area contributed by atoms with E-state index in [1.165, 1.54) is 0 Å². The van der Waals surface area contributed by atoms with Crippen LogP contribution in [0.25, 0.3) is 17.0 Å². The number of anilines is 2. The number of hydrogen-bond acceptors (Lipinski definition) is 7. The van der Waals surface area contributed by atoms with Crippen molar-refractivity contribution in [2.75, 3.05) is 42.6 Å². The zero-order valence-electron chi connectivity index (χ0n) is 16.8. The summed E-state index contributed by atoms with van der Waals surface area (Å²) < 4.78 is 13.6. The number of rotatable bonds is 3. The fraction of sp³-hybridized carbons (Fsp3) is 0.550. The van der Waals surface area contributed by atoms with Gasteiger partial charge in [0.1, 0.15) is 16.2 Å². The van der Waals surface area contributed by atoms with Gasteiger partial charge in [-0.2, -0.15) is 5.10 Å². The number of ether oxygens (including phenoxy) is 2. The molecule has 2 bridgehead atoms. The fourth-order valence-corrected chi connectivity index (χ4v) is 5.21. The Labute approximate surface area is 178 Å². The average molecular weight is 430 g/mol. The van der Waals surface area contributed by atoms with E-state index in [0.717, 1.165) is 55.2 Å². The summed E-state index contributed by atoms with van der Waals surface area (Å²) >= 11 is 7.08. The van der Waals surface area contributed by atoms with Gasteiger partial charge in [-0.25, -0.2) is 9.50 Å². The van der Waals surface area contributed by atoms with E-state index in [1.54, 1.807) is 6.20 Å². The molecule has 6 rings (SSSR count). The molecule has 30 heavy (non-hydrogen) atoms. The molecule has 0 spiro atoms. The van der Waals surface area contributed by atoms with E-state index < -0.39 is 0 Å². The largest absolute Gasteiger partial charge is 0.377 e. The van der Waals surface area contributed by atoms with Crippen molar-refractivity contribution in [2.24, 2.45) is 0 Å². The van der Waals surface area contributed by atoms with Crippen LogP contribution in [0.4, 0.5) is 11.5 Å². The van der Waals surface area contributed by atoms with Crippen molar-refractivity contribution in [3.8, 4) is 11.5 Å². The smallest absolute Gasteiger partial charge is 0.182 e. The van der Waals surface area contributed by atoms with Crippen LogP contribution in [-0.4, -0.2) is 75.9 Å². The molecule has 0 aliphatic carbocycles. The minimum absolute atomic E-state index is 0.208. The molecule has 3 saturated heterocycles. The maximum absolute atomic E-state index is 7.08. The van der Waals surface area contributed by atoms with Crippen LogP contribution in [0.3, 0.4) is 0 Å². The van der Waals surface area contributed by atoms with Crippen LogP contribution in [0.1, 0.15) is 19.8 Å². The molecule has 6 heterocycles. The lowest BCUT2D eigenvalue weighted by atomic mass is 10.2.